The van der Waals surface area contributed by atoms with Crippen molar-refractivity contribution >= 4 is 22.0 Å². The lowest BCUT2D eigenvalue weighted by molar-refractivity contribution is 0.442. The molecular formula is C13H20BrNO. The Bertz CT molecular complexity index is 360. The molecule has 0 saturated carbocycles. The Morgan fingerprint density at radius 3 is 2.56 bits per heavy atom. The summed E-state index contributed by atoms with van der Waals surface area (Å²) in [6, 6.07) is 3.88. The van der Waals surface area contributed by atoms with Crippen LogP contribution < -0.4 is 5.32 Å². The Morgan fingerprint density at radius 2 is 2.12 bits per heavy atom. The van der Waals surface area contributed by atoms with Gasteiger partial charge in [-0.25, -0.2) is 0 Å². The van der Waals surface area contributed by atoms with Crippen LogP contribution in [0.5, 0.6) is 0 Å². The highest BCUT2D eigenvalue weighted by atomic mass is 79.9. The van der Waals surface area contributed by atoms with Crippen molar-refractivity contribution in [3.05, 3.63) is 28.1 Å². The predicted molar refractivity (Wildman–Crippen MR) is 72.4 cm³/mol. The fraction of sp³-hybridized carbons (Fsp3) is 0.538. The van der Waals surface area contributed by atoms with Gasteiger partial charge in [-0.3, -0.25) is 0 Å². The number of halogens is 1. The van der Waals surface area contributed by atoms with Crippen LogP contribution in [0.15, 0.2) is 26.8 Å². The molecule has 0 aromatic carbocycles. The summed E-state index contributed by atoms with van der Waals surface area (Å²) < 4.78 is 6.24. The molecule has 0 aliphatic rings. The standard InChI is InChI=1S/C13H20BrNO/c1-5-10(9-15-13(2,3)4)8-11-6-7-12(14)16-11/h6-8,15H,5,9H2,1-4H3. The van der Waals surface area contributed by atoms with Crippen molar-refractivity contribution in [2.24, 2.45) is 0 Å². The SMILES string of the molecule is CCC(=Cc1ccc(Br)o1)CNC(C)(C)C. The number of hydrogen-bond acceptors (Lipinski definition) is 2. The van der Waals surface area contributed by atoms with E-state index in [9.17, 15) is 0 Å². The maximum atomic E-state index is 5.46. The van der Waals surface area contributed by atoms with E-state index in [0.29, 0.717) is 0 Å². The molecule has 0 aliphatic carbocycles. The van der Waals surface area contributed by atoms with Crippen LogP contribution in [-0.2, 0) is 0 Å². The minimum absolute atomic E-state index is 0.151. The lowest BCUT2D eigenvalue weighted by Crippen LogP contribution is -2.36. The minimum atomic E-state index is 0.151. The molecule has 0 saturated heterocycles. The number of rotatable bonds is 4. The van der Waals surface area contributed by atoms with E-state index in [1.165, 1.54) is 5.57 Å². The quantitative estimate of drug-likeness (QED) is 0.896. The molecule has 90 valence electrons. The van der Waals surface area contributed by atoms with E-state index in [2.05, 4.69) is 55.0 Å². The molecule has 3 heteroatoms. The highest BCUT2D eigenvalue weighted by Crippen LogP contribution is 2.17. The van der Waals surface area contributed by atoms with Gasteiger partial charge < -0.3 is 9.73 Å². The maximum Gasteiger partial charge on any atom is 0.169 e. The van der Waals surface area contributed by atoms with Gasteiger partial charge in [0.25, 0.3) is 0 Å². The Labute approximate surface area is 106 Å². The molecule has 2 nitrogen and oxygen atoms in total. The molecule has 0 radical (unpaired) electrons. The zero-order valence-corrected chi connectivity index (χ0v) is 12.0. The van der Waals surface area contributed by atoms with E-state index in [4.69, 9.17) is 4.42 Å². The second-order valence-corrected chi connectivity index (χ2v) is 5.68. The van der Waals surface area contributed by atoms with E-state index in [0.717, 1.165) is 23.4 Å². The first kappa shape index (κ1) is 13.5. The lowest BCUT2D eigenvalue weighted by Gasteiger charge is -2.21. The van der Waals surface area contributed by atoms with E-state index in [1.807, 2.05) is 12.1 Å². The summed E-state index contributed by atoms with van der Waals surface area (Å²) in [4.78, 5) is 0. The molecule has 0 aliphatic heterocycles. The number of furan rings is 1. The molecule has 1 aromatic heterocycles. The van der Waals surface area contributed by atoms with Gasteiger partial charge in [0.05, 0.1) is 0 Å². The van der Waals surface area contributed by atoms with Crippen LogP contribution in [0.1, 0.15) is 39.9 Å². The normalized spacial score (nSPS) is 13.2. The average Bonchev–Trinajstić information content (AvgIpc) is 2.57. The fourth-order valence-corrected chi connectivity index (χ4v) is 1.58. The summed E-state index contributed by atoms with van der Waals surface area (Å²) in [6.45, 7) is 9.57. The van der Waals surface area contributed by atoms with Crippen LogP contribution >= 0.6 is 15.9 Å². The van der Waals surface area contributed by atoms with Crippen LogP contribution in [0, 0.1) is 0 Å². The van der Waals surface area contributed by atoms with Crippen molar-refractivity contribution in [2.75, 3.05) is 6.54 Å². The van der Waals surface area contributed by atoms with Crippen molar-refractivity contribution in [1.82, 2.24) is 5.32 Å². The first-order chi connectivity index (χ1) is 7.40. The molecule has 0 fully saturated rings. The first-order valence-electron chi connectivity index (χ1n) is 5.60. The van der Waals surface area contributed by atoms with Gasteiger partial charge in [0.15, 0.2) is 4.67 Å². The van der Waals surface area contributed by atoms with Crippen molar-refractivity contribution in [3.63, 3.8) is 0 Å². The Hall–Kier alpha value is -0.540. The molecule has 0 spiro atoms. The summed E-state index contributed by atoms with van der Waals surface area (Å²) in [5.41, 5.74) is 1.50. The Balaban J connectivity index is 2.64. The zero-order valence-electron chi connectivity index (χ0n) is 10.4. The minimum Gasteiger partial charge on any atom is -0.450 e. The topological polar surface area (TPSA) is 25.2 Å². The van der Waals surface area contributed by atoms with Gasteiger partial charge in [0, 0.05) is 12.1 Å². The molecule has 0 unspecified atom stereocenters. The van der Waals surface area contributed by atoms with Crippen molar-refractivity contribution in [3.8, 4) is 0 Å². The number of hydrogen-bond donors (Lipinski definition) is 1. The van der Waals surface area contributed by atoms with Gasteiger partial charge >= 0.3 is 0 Å². The zero-order chi connectivity index (χ0) is 12.2. The molecule has 0 atom stereocenters. The second-order valence-electron chi connectivity index (χ2n) is 4.90. The van der Waals surface area contributed by atoms with E-state index in [-0.39, 0.29) is 5.54 Å². The summed E-state index contributed by atoms with van der Waals surface area (Å²) in [7, 11) is 0. The summed E-state index contributed by atoms with van der Waals surface area (Å²) in [6.07, 6.45) is 3.13. The van der Waals surface area contributed by atoms with Gasteiger partial charge in [0.1, 0.15) is 5.76 Å². The molecule has 16 heavy (non-hydrogen) atoms. The van der Waals surface area contributed by atoms with Crippen LogP contribution in [0.4, 0.5) is 0 Å². The third-order valence-corrected chi connectivity index (χ3v) is 2.67. The van der Waals surface area contributed by atoms with E-state index >= 15 is 0 Å². The summed E-state index contributed by atoms with van der Waals surface area (Å²) >= 11 is 3.30. The smallest absolute Gasteiger partial charge is 0.169 e. The number of nitrogens with one attached hydrogen (secondary N) is 1. The molecule has 1 rings (SSSR count). The average molecular weight is 286 g/mol. The van der Waals surface area contributed by atoms with Gasteiger partial charge in [-0.05, 0) is 61.3 Å². The summed E-state index contributed by atoms with van der Waals surface area (Å²) in [5.74, 6) is 0.902. The Morgan fingerprint density at radius 1 is 1.44 bits per heavy atom. The third-order valence-electron chi connectivity index (χ3n) is 2.24. The third kappa shape index (κ3) is 4.99. The van der Waals surface area contributed by atoms with Crippen molar-refractivity contribution < 1.29 is 4.42 Å². The van der Waals surface area contributed by atoms with Crippen LogP contribution in [0.2, 0.25) is 0 Å². The molecule has 1 aromatic rings. The van der Waals surface area contributed by atoms with Gasteiger partial charge in [-0.1, -0.05) is 12.5 Å². The Kier molecular flexibility index (Phi) is 4.81. The molecule has 0 amide bonds. The lowest BCUT2D eigenvalue weighted by atomic mass is 10.1. The molecule has 1 N–H and O–H groups in total. The van der Waals surface area contributed by atoms with Crippen molar-refractivity contribution in [2.45, 2.75) is 39.7 Å². The molecule has 1 heterocycles. The van der Waals surface area contributed by atoms with Gasteiger partial charge in [-0.15, -0.1) is 0 Å². The van der Waals surface area contributed by atoms with Crippen LogP contribution in [0.25, 0.3) is 6.08 Å². The first-order valence-corrected chi connectivity index (χ1v) is 6.40. The predicted octanol–water partition coefficient (Wildman–Crippen LogP) is 4.22. The maximum absolute atomic E-state index is 5.46. The summed E-state index contributed by atoms with van der Waals surface area (Å²) in [5, 5.41) is 3.48. The van der Waals surface area contributed by atoms with Crippen molar-refractivity contribution in [1.29, 1.82) is 0 Å². The highest BCUT2D eigenvalue weighted by Gasteiger charge is 2.09. The van der Waals surface area contributed by atoms with Crippen LogP contribution in [0.3, 0.4) is 0 Å². The molecular weight excluding hydrogens is 266 g/mol. The highest BCUT2D eigenvalue weighted by molar-refractivity contribution is 9.10. The van der Waals surface area contributed by atoms with Gasteiger partial charge in [0.2, 0.25) is 0 Å². The van der Waals surface area contributed by atoms with E-state index in [1.54, 1.807) is 0 Å². The monoisotopic (exact) mass is 285 g/mol. The largest absolute Gasteiger partial charge is 0.450 e. The van der Waals surface area contributed by atoms with Crippen LogP contribution in [-0.4, -0.2) is 12.1 Å². The fourth-order valence-electron chi connectivity index (χ4n) is 1.26. The molecule has 0 bridgehead atoms. The van der Waals surface area contributed by atoms with E-state index < -0.39 is 0 Å². The van der Waals surface area contributed by atoms with Gasteiger partial charge in [-0.2, -0.15) is 0 Å². The second kappa shape index (κ2) is 5.69.